The highest BCUT2D eigenvalue weighted by atomic mass is 127. The lowest BCUT2D eigenvalue weighted by Crippen LogP contribution is -2.15. The smallest absolute Gasteiger partial charge is 0.343 e. The first kappa shape index (κ1) is 19.8. The minimum atomic E-state index is -0.781. The van der Waals surface area contributed by atoms with Crippen LogP contribution in [0.1, 0.15) is 17.0 Å². The number of rotatable bonds is 6. The van der Waals surface area contributed by atoms with Gasteiger partial charge in [0, 0.05) is 7.05 Å². The van der Waals surface area contributed by atoms with Crippen molar-refractivity contribution in [2.24, 2.45) is 7.05 Å². The van der Waals surface area contributed by atoms with Crippen LogP contribution in [0, 0.1) is 20.7 Å². The summed E-state index contributed by atoms with van der Waals surface area (Å²) in [6.07, 6.45) is 0. The lowest BCUT2D eigenvalue weighted by Gasteiger charge is -2.13. The van der Waals surface area contributed by atoms with Crippen LogP contribution in [0.3, 0.4) is 0 Å². The Balaban J connectivity index is 1.88. The molecule has 0 bridgehead atoms. The first-order valence-electron chi connectivity index (χ1n) is 7.92. The third-order valence-electron chi connectivity index (χ3n) is 3.81. The van der Waals surface area contributed by atoms with Crippen molar-refractivity contribution in [2.45, 2.75) is 13.3 Å². The number of aromatic nitrogens is 3. The van der Waals surface area contributed by atoms with Gasteiger partial charge in [-0.1, -0.05) is 0 Å². The topological polar surface area (TPSA) is 92.9 Å². The lowest BCUT2D eigenvalue weighted by atomic mass is 10.1. The number of H-pyrrole nitrogens is 1. The minimum Gasteiger partial charge on any atom is -0.482 e. The van der Waals surface area contributed by atoms with E-state index < -0.39 is 18.2 Å². The Kier molecular flexibility index (Phi) is 5.93. The zero-order valence-corrected chi connectivity index (χ0v) is 16.7. The first-order valence-corrected chi connectivity index (χ1v) is 8.99. The Bertz CT molecular complexity index is 1120. The van der Waals surface area contributed by atoms with Gasteiger partial charge in [-0.15, -0.1) is 0 Å². The molecule has 0 spiro atoms. The average Bonchev–Trinajstić information content (AvgIpc) is 3.02. The van der Waals surface area contributed by atoms with Crippen molar-refractivity contribution in [1.29, 1.82) is 5.26 Å². The highest BCUT2D eigenvalue weighted by Crippen LogP contribution is 2.35. The largest absolute Gasteiger partial charge is 0.482 e. The van der Waals surface area contributed by atoms with Crippen molar-refractivity contribution in [3.63, 3.8) is 0 Å². The Morgan fingerprint density at radius 1 is 1.36 bits per heavy atom. The van der Waals surface area contributed by atoms with Crippen LogP contribution in [0.5, 0.6) is 17.2 Å². The highest BCUT2D eigenvalue weighted by molar-refractivity contribution is 14.1. The second kappa shape index (κ2) is 8.39. The fourth-order valence-electron chi connectivity index (χ4n) is 2.35. The molecule has 0 aliphatic rings. The highest BCUT2D eigenvalue weighted by Gasteiger charge is 2.17. The van der Waals surface area contributed by atoms with Gasteiger partial charge in [0.05, 0.1) is 15.2 Å². The van der Waals surface area contributed by atoms with E-state index in [2.05, 4.69) is 10.2 Å². The van der Waals surface area contributed by atoms with E-state index in [0.29, 0.717) is 9.39 Å². The molecule has 28 heavy (non-hydrogen) atoms. The Morgan fingerprint density at radius 3 is 2.79 bits per heavy atom. The van der Waals surface area contributed by atoms with Gasteiger partial charge >= 0.3 is 5.69 Å². The monoisotopic (exact) mass is 498 g/mol. The number of hydrogen-bond acceptors (Lipinski definition) is 5. The molecule has 0 saturated carbocycles. The van der Waals surface area contributed by atoms with Gasteiger partial charge in [-0.25, -0.2) is 14.3 Å². The van der Waals surface area contributed by atoms with Crippen LogP contribution in [0.2, 0.25) is 0 Å². The van der Waals surface area contributed by atoms with E-state index in [4.69, 9.17) is 14.7 Å². The van der Waals surface area contributed by atoms with Crippen LogP contribution in [-0.4, -0.2) is 14.8 Å². The minimum absolute atomic E-state index is 0.104. The number of halogens is 3. The molecule has 3 aromatic rings. The van der Waals surface area contributed by atoms with Gasteiger partial charge in [-0.05, 0) is 58.5 Å². The number of nitrogens with one attached hydrogen (secondary N) is 1. The summed E-state index contributed by atoms with van der Waals surface area (Å²) >= 11 is 1.89. The molecule has 1 heterocycles. The van der Waals surface area contributed by atoms with E-state index in [9.17, 15) is 13.6 Å². The molecular weight excluding hydrogens is 485 g/mol. The number of ether oxygens (including phenoxy) is 2. The van der Waals surface area contributed by atoms with Crippen LogP contribution < -0.4 is 15.2 Å². The van der Waals surface area contributed by atoms with Crippen molar-refractivity contribution >= 4 is 22.6 Å². The van der Waals surface area contributed by atoms with Crippen molar-refractivity contribution in [2.75, 3.05) is 0 Å². The Hall–Kier alpha value is -2.94. The molecule has 0 aliphatic carbocycles. The maximum absolute atomic E-state index is 14.9. The van der Waals surface area contributed by atoms with Crippen LogP contribution in [0.25, 0.3) is 0 Å². The van der Waals surface area contributed by atoms with Crippen LogP contribution >= 0.6 is 22.6 Å². The molecule has 0 unspecified atom stereocenters. The van der Waals surface area contributed by atoms with E-state index in [0.717, 1.165) is 0 Å². The van der Waals surface area contributed by atoms with Gasteiger partial charge in [-0.2, -0.15) is 14.8 Å². The average molecular weight is 498 g/mol. The number of hydrogen-bond donors (Lipinski definition) is 1. The molecule has 1 N–H and O–H groups in total. The Morgan fingerprint density at radius 2 is 2.14 bits per heavy atom. The maximum atomic E-state index is 14.9. The van der Waals surface area contributed by atoms with E-state index in [1.165, 1.54) is 35.9 Å². The summed E-state index contributed by atoms with van der Waals surface area (Å²) in [6, 6.07) is 9.09. The van der Waals surface area contributed by atoms with Crippen LogP contribution in [-0.2, 0) is 20.3 Å². The predicted octanol–water partition coefficient (Wildman–Crippen LogP) is 3.56. The fraction of sp³-hybridized carbons (Fsp3) is 0.167. The van der Waals surface area contributed by atoms with Gasteiger partial charge in [0.1, 0.15) is 19.0 Å². The van der Waals surface area contributed by atoms with E-state index in [1.807, 2.05) is 28.7 Å². The first-order chi connectivity index (χ1) is 13.4. The molecule has 144 valence electrons. The molecule has 0 atom stereocenters. The zero-order valence-electron chi connectivity index (χ0n) is 14.5. The van der Waals surface area contributed by atoms with E-state index >= 15 is 0 Å². The molecule has 1 aromatic heterocycles. The van der Waals surface area contributed by atoms with E-state index in [-0.39, 0.29) is 35.0 Å². The summed E-state index contributed by atoms with van der Waals surface area (Å²) in [5.74, 6) is -0.561. The van der Waals surface area contributed by atoms with Crippen LogP contribution in [0.15, 0.2) is 35.1 Å². The molecule has 2 aromatic carbocycles. The second-order valence-electron chi connectivity index (χ2n) is 5.69. The maximum Gasteiger partial charge on any atom is 0.343 e. The van der Waals surface area contributed by atoms with Crippen molar-refractivity contribution in [1.82, 2.24) is 14.8 Å². The summed E-state index contributed by atoms with van der Waals surface area (Å²) in [5.41, 5.74) is 0.0375. The van der Waals surface area contributed by atoms with Gasteiger partial charge in [0.25, 0.3) is 0 Å². The van der Waals surface area contributed by atoms with Gasteiger partial charge in [0.15, 0.2) is 17.3 Å². The van der Waals surface area contributed by atoms with Crippen molar-refractivity contribution < 1.29 is 18.3 Å². The number of alkyl halides is 1. The molecule has 0 amide bonds. The number of aromatic amines is 1. The summed E-state index contributed by atoms with van der Waals surface area (Å²) in [5, 5.41) is 15.1. The van der Waals surface area contributed by atoms with Crippen LogP contribution in [0.4, 0.5) is 8.78 Å². The molecule has 0 saturated heterocycles. The van der Waals surface area contributed by atoms with E-state index in [1.54, 1.807) is 6.07 Å². The molecule has 0 aliphatic heterocycles. The third kappa shape index (κ3) is 4.14. The van der Waals surface area contributed by atoms with Crippen molar-refractivity contribution in [3.8, 4) is 23.3 Å². The van der Waals surface area contributed by atoms with Crippen molar-refractivity contribution in [3.05, 3.63) is 67.2 Å². The van der Waals surface area contributed by atoms with Gasteiger partial charge < -0.3 is 9.47 Å². The number of nitrogens with zero attached hydrogens (tertiary/aromatic N) is 3. The SMILES string of the molecule is Cn1c(COc2ccc(I)c(Oc3cc(C#N)cc(CF)c3)c2F)n[nH]c1=O. The Labute approximate surface area is 171 Å². The quantitative estimate of drug-likeness (QED) is 0.525. The second-order valence-corrected chi connectivity index (χ2v) is 6.86. The molecule has 7 nitrogen and oxygen atoms in total. The summed E-state index contributed by atoms with van der Waals surface area (Å²) in [4.78, 5) is 11.4. The predicted molar refractivity (Wildman–Crippen MR) is 103 cm³/mol. The lowest BCUT2D eigenvalue weighted by molar-refractivity contribution is 0.272. The molecular formula is C18H13F2IN4O3. The summed E-state index contributed by atoms with van der Waals surface area (Å²) < 4.78 is 40.6. The zero-order chi connectivity index (χ0) is 20.3. The molecule has 10 heteroatoms. The molecule has 0 fully saturated rings. The molecule has 3 rings (SSSR count). The summed E-state index contributed by atoms with van der Waals surface area (Å²) in [7, 11) is 1.51. The normalized spacial score (nSPS) is 10.5. The number of nitriles is 1. The van der Waals surface area contributed by atoms with Gasteiger partial charge in [-0.3, -0.25) is 4.57 Å². The third-order valence-corrected chi connectivity index (χ3v) is 4.66. The number of benzene rings is 2. The molecule has 0 radical (unpaired) electrons. The summed E-state index contributed by atoms with van der Waals surface area (Å²) in [6.45, 7) is -0.918. The van der Waals surface area contributed by atoms with Gasteiger partial charge in [0.2, 0.25) is 5.82 Å². The standard InChI is InChI=1S/C18H13F2IN4O3/c1-25-15(23-24-18(25)26)9-27-14-3-2-13(21)17(16(14)20)28-12-5-10(7-19)4-11(6-12)8-22/h2-6H,7,9H2,1H3,(H,24,26). The fourth-order valence-corrected chi connectivity index (χ4v) is 2.88.